The number of carbonyl (C=O) groups excluding carboxylic acids is 1. The van der Waals surface area contributed by atoms with Crippen LogP contribution in [0.2, 0.25) is 0 Å². The third-order valence-electron chi connectivity index (χ3n) is 8.77. The fourth-order valence-electron chi connectivity index (χ4n) is 8.32. The number of hydrogen-bond donors (Lipinski definition) is 2. The summed E-state index contributed by atoms with van der Waals surface area (Å²) < 4.78 is 0. The van der Waals surface area contributed by atoms with Crippen molar-refractivity contribution in [2.75, 3.05) is 0 Å². The van der Waals surface area contributed by atoms with Crippen molar-refractivity contribution >= 4 is 5.91 Å². The summed E-state index contributed by atoms with van der Waals surface area (Å²) in [6.45, 7) is 7.17. The van der Waals surface area contributed by atoms with Crippen molar-refractivity contribution in [2.24, 2.45) is 16.7 Å². The van der Waals surface area contributed by atoms with Gasteiger partial charge in [-0.15, -0.1) is 0 Å². The van der Waals surface area contributed by atoms with Crippen LogP contribution >= 0.6 is 0 Å². The molecule has 0 aliphatic heterocycles. The highest BCUT2D eigenvalue weighted by Gasteiger charge is 2.60. The van der Waals surface area contributed by atoms with Crippen molar-refractivity contribution in [2.45, 2.75) is 154 Å². The van der Waals surface area contributed by atoms with Crippen molar-refractivity contribution in [3.05, 3.63) is 12.2 Å². The minimum Gasteiger partial charge on any atom is -0.393 e. The molecule has 190 valence electrons. The first-order chi connectivity index (χ1) is 15.8. The third kappa shape index (κ3) is 8.41. The van der Waals surface area contributed by atoms with Crippen LogP contribution in [0.4, 0.5) is 0 Å². The Bertz CT molecular complexity index is 623. The molecule has 4 fully saturated rings. The van der Waals surface area contributed by atoms with Crippen molar-refractivity contribution in [3.63, 3.8) is 0 Å². The summed E-state index contributed by atoms with van der Waals surface area (Å²) in [5.41, 5.74) is 1.03. The normalized spacial score (nSPS) is 33.6. The lowest BCUT2D eigenvalue weighted by Crippen LogP contribution is -2.65. The summed E-state index contributed by atoms with van der Waals surface area (Å²) in [5.74, 6) is 1.14. The van der Waals surface area contributed by atoms with E-state index < -0.39 is 0 Å². The molecule has 3 atom stereocenters. The number of allylic oxidation sites excluding steroid dienone is 1. The van der Waals surface area contributed by atoms with Gasteiger partial charge in [0.05, 0.1) is 6.10 Å². The second-order valence-corrected chi connectivity index (χ2v) is 13.0. The maximum atomic E-state index is 12.8. The number of aliphatic hydroxyl groups excluding tert-OH is 1. The van der Waals surface area contributed by atoms with Crippen LogP contribution in [0, 0.1) is 16.7 Å². The van der Waals surface area contributed by atoms with E-state index >= 15 is 0 Å². The smallest absolute Gasteiger partial charge is 0.220 e. The topological polar surface area (TPSA) is 49.3 Å². The third-order valence-corrected chi connectivity index (χ3v) is 8.77. The molecule has 1 amide bonds. The Kier molecular flexibility index (Phi) is 9.92. The molecule has 0 aromatic rings. The molecule has 0 aromatic carbocycles. The highest BCUT2D eigenvalue weighted by Crippen LogP contribution is 2.66. The number of carbonyl (C=O) groups is 1. The lowest BCUT2D eigenvalue weighted by molar-refractivity contribution is -0.139. The minimum absolute atomic E-state index is 0.107. The Balaban J connectivity index is 1.19. The van der Waals surface area contributed by atoms with Gasteiger partial charge >= 0.3 is 0 Å². The van der Waals surface area contributed by atoms with Gasteiger partial charge < -0.3 is 10.4 Å². The van der Waals surface area contributed by atoms with Crippen LogP contribution < -0.4 is 5.32 Å². The standard InChI is InChI=1S/C30H53NO2/c1-4-5-6-13-16-26(32)17-14-11-9-7-8-10-12-15-18-27(33)31-30-21-25-19-28(2,23-30)22-29(3,20-25)24-30/h11,14,25-26,32H,4-10,12-13,15-24H2,1-3H3,(H,31,33)/b14-11-/t25?,26-,28?,29?,30?/m1/s1. The quantitative estimate of drug-likeness (QED) is 0.182. The van der Waals surface area contributed by atoms with E-state index in [0.717, 1.165) is 38.0 Å². The van der Waals surface area contributed by atoms with E-state index in [1.807, 2.05) is 0 Å². The van der Waals surface area contributed by atoms with Gasteiger partial charge in [0.25, 0.3) is 0 Å². The highest BCUT2D eigenvalue weighted by molar-refractivity contribution is 5.76. The number of aliphatic hydroxyl groups is 1. The maximum Gasteiger partial charge on any atom is 0.220 e. The molecule has 3 nitrogen and oxygen atoms in total. The van der Waals surface area contributed by atoms with Crippen molar-refractivity contribution in [1.29, 1.82) is 0 Å². The largest absolute Gasteiger partial charge is 0.393 e. The van der Waals surface area contributed by atoms with Crippen LogP contribution in [-0.4, -0.2) is 22.7 Å². The van der Waals surface area contributed by atoms with Gasteiger partial charge in [0.15, 0.2) is 0 Å². The summed E-state index contributed by atoms with van der Waals surface area (Å²) in [4.78, 5) is 12.8. The lowest BCUT2D eigenvalue weighted by Gasteiger charge is -2.65. The van der Waals surface area contributed by atoms with Gasteiger partial charge in [0.2, 0.25) is 5.91 Å². The molecule has 0 radical (unpaired) electrons. The first-order valence-corrected chi connectivity index (χ1v) is 14.4. The molecule has 4 bridgehead atoms. The van der Waals surface area contributed by atoms with E-state index in [2.05, 4.69) is 38.2 Å². The fourth-order valence-corrected chi connectivity index (χ4v) is 8.32. The Morgan fingerprint density at radius 2 is 1.58 bits per heavy atom. The number of nitrogens with one attached hydrogen (secondary N) is 1. The first-order valence-electron chi connectivity index (χ1n) is 14.4. The first kappa shape index (κ1) is 26.8. The predicted octanol–water partition coefficient (Wildman–Crippen LogP) is 7.86. The molecule has 2 unspecified atom stereocenters. The fraction of sp³-hybridized carbons (Fsp3) is 0.900. The van der Waals surface area contributed by atoms with Gasteiger partial charge in [0, 0.05) is 12.0 Å². The van der Waals surface area contributed by atoms with Gasteiger partial charge in [-0.3, -0.25) is 4.79 Å². The van der Waals surface area contributed by atoms with Gasteiger partial charge in [0.1, 0.15) is 0 Å². The van der Waals surface area contributed by atoms with Crippen molar-refractivity contribution < 1.29 is 9.90 Å². The maximum absolute atomic E-state index is 12.8. The average molecular weight is 460 g/mol. The predicted molar refractivity (Wildman–Crippen MR) is 139 cm³/mol. The van der Waals surface area contributed by atoms with E-state index in [9.17, 15) is 9.90 Å². The molecular weight excluding hydrogens is 406 g/mol. The summed E-state index contributed by atoms with van der Waals surface area (Å²) in [6.07, 6.45) is 26.4. The molecule has 3 heteroatoms. The summed E-state index contributed by atoms with van der Waals surface area (Å²) in [5, 5.41) is 13.6. The van der Waals surface area contributed by atoms with E-state index in [0.29, 0.717) is 23.2 Å². The van der Waals surface area contributed by atoms with E-state index in [1.54, 1.807) is 0 Å². The zero-order valence-corrected chi connectivity index (χ0v) is 22.1. The van der Waals surface area contributed by atoms with Crippen LogP contribution in [0.3, 0.4) is 0 Å². The van der Waals surface area contributed by atoms with Gasteiger partial charge in [-0.2, -0.15) is 0 Å². The second-order valence-electron chi connectivity index (χ2n) is 13.0. The molecule has 4 aliphatic carbocycles. The Hall–Kier alpha value is -0.830. The van der Waals surface area contributed by atoms with Crippen LogP contribution in [0.15, 0.2) is 12.2 Å². The summed E-state index contributed by atoms with van der Waals surface area (Å²) in [6, 6.07) is 0. The van der Waals surface area contributed by atoms with Gasteiger partial charge in [-0.05, 0) is 87.4 Å². The van der Waals surface area contributed by atoms with E-state index in [1.165, 1.54) is 83.5 Å². The Morgan fingerprint density at radius 1 is 0.909 bits per heavy atom. The van der Waals surface area contributed by atoms with Crippen LogP contribution in [0.5, 0.6) is 0 Å². The summed E-state index contributed by atoms with van der Waals surface area (Å²) >= 11 is 0. The molecule has 0 saturated heterocycles. The SMILES string of the molecule is CCCCCC[C@@H](O)C/C=C\CCCCCCCC(=O)NC12CC3CC(C)(CC(C)(C3)C1)C2. The molecule has 0 heterocycles. The zero-order chi connectivity index (χ0) is 23.8. The van der Waals surface area contributed by atoms with E-state index in [-0.39, 0.29) is 11.6 Å². The molecule has 4 rings (SSSR count). The summed E-state index contributed by atoms with van der Waals surface area (Å²) in [7, 11) is 0. The molecule has 0 spiro atoms. The molecule has 2 N–H and O–H groups in total. The molecule has 33 heavy (non-hydrogen) atoms. The van der Waals surface area contributed by atoms with Crippen LogP contribution in [0.25, 0.3) is 0 Å². The molecule has 0 aromatic heterocycles. The van der Waals surface area contributed by atoms with Crippen molar-refractivity contribution in [3.8, 4) is 0 Å². The Morgan fingerprint density at radius 3 is 2.27 bits per heavy atom. The molecular formula is C30H53NO2. The lowest BCUT2D eigenvalue weighted by atomic mass is 9.43. The van der Waals surface area contributed by atoms with E-state index in [4.69, 9.17) is 0 Å². The van der Waals surface area contributed by atoms with Crippen molar-refractivity contribution in [1.82, 2.24) is 5.32 Å². The van der Waals surface area contributed by atoms with Gasteiger partial charge in [-0.1, -0.05) is 77.9 Å². The Labute approximate surface area is 204 Å². The highest BCUT2D eigenvalue weighted by atomic mass is 16.3. The van der Waals surface area contributed by atoms with Crippen LogP contribution in [0.1, 0.15) is 143 Å². The average Bonchev–Trinajstić information content (AvgIpc) is 2.69. The monoisotopic (exact) mass is 459 g/mol. The number of unbranched alkanes of at least 4 members (excludes halogenated alkanes) is 8. The zero-order valence-electron chi connectivity index (χ0n) is 22.1. The number of amides is 1. The van der Waals surface area contributed by atoms with Crippen LogP contribution in [-0.2, 0) is 4.79 Å². The number of hydrogen-bond acceptors (Lipinski definition) is 2. The number of rotatable bonds is 16. The molecule has 4 aliphatic rings. The minimum atomic E-state index is -0.159. The second kappa shape index (κ2) is 12.2. The molecule has 4 saturated carbocycles. The van der Waals surface area contributed by atoms with Gasteiger partial charge in [-0.25, -0.2) is 0 Å².